The fourth-order valence-corrected chi connectivity index (χ4v) is 0.805. The predicted octanol–water partition coefficient (Wildman–Crippen LogP) is -0.339. The summed E-state index contributed by atoms with van der Waals surface area (Å²) in [5.74, 6) is 0. The molecule has 8 heavy (non-hydrogen) atoms. The Kier molecular flexibility index (Phi) is 1.49. The van der Waals surface area contributed by atoms with Crippen LogP contribution in [0.5, 0.6) is 0 Å². The molecule has 1 fully saturated rings. The molecule has 2 nitrogen and oxygen atoms in total. The lowest BCUT2D eigenvalue weighted by Gasteiger charge is -2.12. The molecule has 1 radical (unpaired) electrons. The molecule has 1 unspecified atom stereocenters. The van der Waals surface area contributed by atoms with Crippen LogP contribution in [0.2, 0.25) is 0 Å². The van der Waals surface area contributed by atoms with E-state index in [9.17, 15) is 4.39 Å². The van der Waals surface area contributed by atoms with E-state index in [0.29, 0.717) is 19.5 Å². The van der Waals surface area contributed by atoms with Crippen molar-refractivity contribution in [3.63, 3.8) is 0 Å². The van der Waals surface area contributed by atoms with E-state index < -0.39 is 5.67 Å². The number of hydrogen-bond donors (Lipinski definition) is 1. The second kappa shape index (κ2) is 1.99. The zero-order valence-corrected chi connectivity index (χ0v) is 4.73. The maximum absolute atomic E-state index is 12.8. The Balaban J connectivity index is 2.40. The molecule has 1 atom stereocenters. The third-order valence-electron chi connectivity index (χ3n) is 1.48. The lowest BCUT2D eigenvalue weighted by molar-refractivity contribution is 0.201. The summed E-state index contributed by atoms with van der Waals surface area (Å²) in [5.41, 5.74) is 3.98. The molecule has 3 heteroatoms. The summed E-state index contributed by atoms with van der Waals surface area (Å²) >= 11 is 0. The minimum absolute atomic E-state index is 0.122. The van der Waals surface area contributed by atoms with E-state index in [2.05, 4.69) is 5.32 Å². The zero-order valence-electron chi connectivity index (χ0n) is 4.73. The highest BCUT2D eigenvalue weighted by Crippen LogP contribution is 2.17. The van der Waals surface area contributed by atoms with Gasteiger partial charge < -0.3 is 5.73 Å². The summed E-state index contributed by atoms with van der Waals surface area (Å²) in [5, 5.41) is 3.85. The minimum Gasteiger partial charge on any atom is -0.327 e. The van der Waals surface area contributed by atoms with Crippen molar-refractivity contribution >= 4 is 0 Å². The second-order valence-corrected chi connectivity index (χ2v) is 2.21. The summed E-state index contributed by atoms with van der Waals surface area (Å²) in [6.07, 6.45) is 0.517. The molecule has 1 heterocycles. The lowest BCUT2D eigenvalue weighted by Crippen LogP contribution is -2.33. The number of nitrogens with zero attached hydrogens (tertiary/aromatic N) is 1. The van der Waals surface area contributed by atoms with Gasteiger partial charge in [0.2, 0.25) is 0 Å². The molecule has 47 valence electrons. The van der Waals surface area contributed by atoms with Gasteiger partial charge in [-0.2, -0.15) is 0 Å². The number of nitrogens with two attached hydrogens (primary N) is 1. The zero-order chi connectivity index (χ0) is 6.04. The van der Waals surface area contributed by atoms with Crippen molar-refractivity contribution in [1.82, 2.24) is 5.32 Å². The summed E-state index contributed by atoms with van der Waals surface area (Å²) in [6.45, 7) is 1.08. The van der Waals surface area contributed by atoms with Crippen LogP contribution >= 0.6 is 0 Å². The van der Waals surface area contributed by atoms with Crippen molar-refractivity contribution in [3.05, 3.63) is 0 Å². The van der Waals surface area contributed by atoms with Crippen LogP contribution in [-0.4, -0.2) is 25.3 Å². The largest absolute Gasteiger partial charge is 0.327 e. The third-order valence-corrected chi connectivity index (χ3v) is 1.48. The van der Waals surface area contributed by atoms with Crippen LogP contribution in [0.1, 0.15) is 6.42 Å². The van der Waals surface area contributed by atoms with Gasteiger partial charge in [0.1, 0.15) is 5.67 Å². The standard InChI is InChI=1S/C5H10FN2/c6-5(3-7)1-2-8-4-5/h1-4,7H2. The molecule has 1 rings (SSSR count). The summed E-state index contributed by atoms with van der Waals surface area (Å²) in [4.78, 5) is 0. The van der Waals surface area contributed by atoms with Crippen LogP contribution in [-0.2, 0) is 0 Å². The first kappa shape index (κ1) is 5.98. The van der Waals surface area contributed by atoms with E-state index in [0.717, 1.165) is 0 Å². The van der Waals surface area contributed by atoms with Crippen LogP contribution in [0.25, 0.3) is 0 Å². The van der Waals surface area contributed by atoms with Crippen LogP contribution in [0, 0.1) is 0 Å². The maximum atomic E-state index is 12.8. The van der Waals surface area contributed by atoms with E-state index in [1.807, 2.05) is 0 Å². The van der Waals surface area contributed by atoms with Crippen molar-refractivity contribution in [3.8, 4) is 0 Å². The number of alkyl halides is 1. The van der Waals surface area contributed by atoms with Gasteiger partial charge in [0, 0.05) is 19.6 Å². The smallest absolute Gasteiger partial charge is 0.138 e. The summed E-state index contributed by atoms with van der Waals surface area (Å²) < 4.78 is 12.8. The molecule has 0 amide bonds. The van der Waals surface area contributed by atoms with Gasteiger partial charge in [-0.3, -0.25) is 0 Å². The molecule has 0 aromatic heterocycles. The topological polar surface area (TPSA) is 40.1 Å². The SMILES string of the molecule is NCC1(F)CC[N]C1. The van der Waals surface area contributed by atoms with Gasteiger partial charge in [0.25, 0.3) is 0 Å². The highest BCUT2D eigenvalue weighted by molar-refractivity contribution is 4.88. The van der Waals surface area contributed by atoms with Crippen LogP contribution in [0.4, 0.5) is 4.39 Å². The number of hydrogen-bond acceptors (Lipinski definition) is 1. The predicted molar refractivity (Wildman–Crippen MR) is 29.4 cm³/mol. The van der Waals surface area contributed by atoms with Gasteiger partial charge in [0.05, 0.1) is 0 Å². The molecule has 0 spiro atoms. The highest BCUT2D eigenvalue weighted by atomic mass is 19.1. The van der Waals surface area contributed by atoms with Crippen molar-refractivity contribution in [1.29, 1.82) is 0 Å². The first-order valence-corrected chi connectivity index (χ1v) is 2.79. The van der Waals surface area contributed by atoms with Gasteiger partial charge in [-0.15, -0.1) is 0 Å². The van der Waals surface area contributed by atoms with Gasteiger partial charge in [-0.25, -0.2) is 9.71 Å². The second-order valence-electron chi connectivity index (χ2n) is 2.21. The summed E-state index contributed by atoms with van der Waals surface area (Å²) in [6, 6.07) is 0. The van der Waals surface area contributed by atoms with E-state index in [1.165, 1.54) is 0 Å². The molecule has 0 aromatic rings. The van der Waals surface area contributed by atoms with Crippen LogP contribution in [0.15, 0.2) is 0 Å². The third kappa shape index (κ3) is 0.980. The van der Waals surface area contributed by atoms with Crippen molar-refractivity contribution in [2.24, 2.45) is 5.73 Å². The van der Waals surface area contributed by atoms with Crippen molar-refractivity contribution < 1.29 is 4.39 Å². The van der Waals surface area contributed by atoms with Gasteiger partial charge >= 0.3 is 0 Å². The molecule has 1 aliphatic heterocycles. The van der Waals surface area contributed by atoms with Crippen molar-refractivity contribution in [2.45, 2.75) is 12.1 Å². The summed E-state index contributed by atoms with van der Waals surface area (Å²) in [7, 11) is 0. The van der Waals surface area contributed by atoms with E-state index in [-0.39, 0.29) is 6.54 Å². The van der Waals surface area contributed by atoms with Crippen molar-refractivity contribution in [2.75, 3.05) is 19.6 Å². The van der Waals surface area contributed by atoms with E-state index in [1.54, 1.807) is 0 Å². The molecule has 0 saturated carbocycles. The fraction of sp³-hybridized carbons (Fsp3) is 1.00. The molecule has 0 bridgehead atoms. The molecule has 1 saturated heterocycles. The molecule has 0 aromatic carbocycles. The monoisotopic (exact) mass is 117 g/mol. The maximum Gasteiger partial charge on any atom is 0.138 e. The van der Waals surface area contributed by atoms with E-state index >= 15 is 0 Å². The quantitative estimate of drug-likeness (QED) is 0.501. The Hall–Kier alpha value is -0.150. The first-order valence-electron chi connectivity index (χ1n) is 2.79. The number of rotatable bonds is 1. The Labute approximate surface area is 48.2 Å². The van der Waals surface area contributed by atoms with Gasteiger partial charge in [-0.1, -0.05) is 0 Å². The molecular formula is C5H10FN2. The normalized spacial score (nSPS) is 38.2. The Morgan fingerprint density at radius 3 is 2.75 bits per heavy atom. The Morgan fingerprint density at radius 1 is 1.75 bits per heavy atom. The average molecular weight is 117 g/mol. The van der Waals surface area contributed by atoms with Gasteiger partial charge in [0.15, 0.2) is 0 Å². The van der Waals surface area contributed by atoms with Gasteiger partial charge in [-0.05, 0) is 6.42 Å². The van der Waals surface area contributed by atoms with E-state index in [4.69, 9.17) is 5.73 Å². The number of halogens is 1. The van der Waals surface area contributed by atoms with Crippen LogP contribution in [0.3, 0.4) is 0 Å². The minimum atomic E-state index is -1.15. The molecule has 1 aliphatic rings. The lowest BCUT2D eigenvalue weighted by atomic mass is 10.1. The Morgan fingerprint density at radius 2 is 2.50 bits per heavy atom. The molecule has 2 N–H and O–H groups in total. The average Bonchev–Trinajstić information content (AvgIpc) is 2.17. The Bertz CT molecular complexity index is 78.5. The highest BCUT2D eigenvalue weighted by Gasteiger charge is 2.32. The molecule has 0 aliphatic carbocycles. The van der Waals surface area contributed by atoms with Crippen LogP contribution < -0.4 is 11.1 Å². The fourth-order valence-electron chi connectivity index (χ4n) is 0.805. The molecular weight excluding hydrogens is 107 g/mol. The first-order chi connectivity index (χ1) is 3.77.